The highest BCUT2D eigenvalue weighted by atomic mass is 35.5. The summed E-state index contributed by atoms with van der Waals surface area (Å²) in [5.74, 6) is -0.495. The molecule has 1 aromatic heterocycles. The highest BCUT2D eigenvalue weighted by Gasteiger charge is 2.22. The predicted octanol–water partition coefficient (Wildman–Crippen LogP) is 10.2. The maximum atomic E-state index is 12.0. The first-order chi connectivity index (χ1) is 20.5. The van der Waals surface area contributed by atoms with Crippen molar-refractivity contribution in [1.82, 2.24) is 4.98 Å². The van der Waals surface area contributed by atoms with Crippen LogP contribution in [0.4, 0.5) is 0 Å². The maximum Gasteiger partial charge on any atom is 0.310 e. The van der Waals surface area contributed by atoms with Gasteiger partial charge < -0.3 is 10.2 Å². The van der Waals surface area contributed by atoms with E-state index in [-0.39, 0.29) is 5.25 Å². The van der Waals surface area contributed by atoms with Crippen molar-refractivity contribution in [3.8, 4) is 0 Å². The van der Waals surface area contributed by atoms with Crippen LogP contribution in [0.3, 0.4) is 0 Å². The van der Waals surface area contributed by atoms with Crippen LogP contribution in [0, 0.1) is 0 Å². The molecule has 0 saturated heterocycles. The topological polar surface area (TPSA) is 70.4 Å². The van der Waals surface area contributed by atoms with Crippen LogP contribution in [0.5, 0.6) is 0 Å². The summed E-state index contributed by atoms with van der Waals surface area (Å²) in [4.78, 5) is 16.7. The van der Waals surface area contributed by atoms with Gasteiger partial charge in [0.15, 0.2) is 0 Å². The van der Waals surface area contributed by atoms with Gasteiger partial charge in [-0.25, -0.2) is 4.98 Å². The van der Waals surface area contributed by atoms with Crippen LogP contribution >= 0.6 is 35.0 Å². The van der Waals surface area contributed by atoms with E-state index in [0.29, 0.717) is 16.5 Å². The number of aromatic nitrogens is 1. The number of nitrogens with zero attached hydrogens (tertiary/aromatic N) is 1. The molecule has 2 N–H and O–H groups in total. The minimum Gasteiger partial charge on any atom is -0.481 e. The van der Waals surface area contributed by atoms with Gasteiger partial charge >= 0.3 is 5.97 Å². The summed E-state index contributed by atoms with van der Waals surface area (Å²) >= 11 is 14.4. The van der Waals surface area contributed by atoms with E-state index in [9.17, 15) is 15.0 Å². The summed E-state index contributed by atoms with van der Waals surface area (Å²) in [6.07, 6.45) is 7.82. The average molecular weight is 637 g/mol. The molecule has 43 heavy (non-hydrogen) atoms. The largest absolute Gasteiger partial charge is 0.481 e. The first kappa shape index (κ1) is 33.1. The van der Waals surface area contributed by atoms with E-state index in [4.69, 9.17) is 28.2 Å². The van der Waals surface area contributed by atoms with Gasteiger partial charge in [-0.3, -0.25) is 4.79 Å². The Balaban J connectivity index is 1.56. The molecule has 0 fully saturated rings. The lowest BCUT2D eigenvalue weighted by atomic mass is 9.89. The van der Waals surface area contributed by atoms with E-state index in [1.54, 1.807) is 0 Å². The van der Waals surface area contributed by atoms with Gasteiger partial charge in [-0.1, -0.05) is 78.7 Å². The summed E-state index contributed by atoms with van der Waals surface area (Å²) in [5, 5.41) is 22.5. The molecule has 0 bridgehead atoms. The van der Waals surface area contributed by atoms with Crippen molar-refractivity contribution in [1.29, 1.82) is 0 Å². The minimum absolute atomic E-state index is 0.199. The first-order valence-corrected chi connectivity index (χ1v) is 16.5. The van der Waals surface area contributed by atoms with Gasteiger partial charge in [0, 0.05) is 20.7 Å². The molecule has 3 aromatic carbocycles. The van der Waals surface area contributed by atoms with E-state index < -0.39 is 17.5 Å². The summed E-state index contributed by atoms with van der Waals surface area (Å²) in [7, 11) is 0. The van der Waals surface area contributed by atoms with Crippen LogP contribution < -0.4 is 0 Å². The number of carboxylic acids is 1. The molecule has 0 amide bonds. The molecule has 226 valence electrons. The van der Waals surface area contributed by atoms with Gasteiger partial charge in [0.2, 0.25) is 0 Å². The number of thioether (sulfide) groups is 1. The SMILES string of the molecule is CCC(C(=O)O)c1cc(Cl)ccc1CCC(SCCCC(C)(C)O)c1cccc(C=Cc2ccc3ccc(Cl)cc3n2)c1. The van der Waals surface area contributed by atoms with Crippen molar-refractivity contribution >= 4 is 64.0 Å². The Morgan fingerprint density at radius 1 is 1.00 bits per heavy atom. The summed E-state index contributed by atoms with van der Waals surface area (Å²) in [6.45, 7) is 5.59. The summed E-state index contributed by atoms with van der Waals surface area (Å²) in [5.41, 5.74) is 5.16. The molecule has 0 radical (unpaired) electrons. The third-order valence-electron chi connectivity index (χ3n) is 7.52. The van der Waals surface area contributed by atoms with Gasteiger partial charge in [0.25, 0.3) is 0 Å². The Morgan fingerprint density at radius 2 is 1.74 bits per heavy atom. The fourth-order valence-corrected chi connectivity index (χ4v) is 6.82. The highest BCUT2D eigenvalue weighted by Crippen LogP contribution is 2.37. The number of rotatable bonds is 14. The molecule has 2 unspecified atom stereocenters. The molecular weight excluding hydrogens is 597 g/mol. The Hall–Kier alpha value is -2.83. The number of pyridine rings is 1. The van der Waals surface area contributed by atoms with E-state index in [1.807, 2.05) is 87.1 Å². The molecule has 4 nitrogen and oxygen atoms in total. The van der Waals surface area contributed by atoms with Crippen LogP contribution in [0.2, 0.25) is 10.0 Å². The number of carboxylic acid groups (broad SMARTS) is 1. The molecule has 0 spiro atoms. The standard InChI is InChI=1S/C36H39Cl2NO3S/c1-4-31(35(40)41)32-22-28(37)14-10-25(32)13-18-34(43-20-6-19-36(2,3)42)27-8-5-7-24(21-27)9-16-30-17-12-26-11-15-29(38)23-33(26)39-30/h5,7-12,14-17,21-23,31,34,42H,4,6,13,18-20H2,1-3H3,(H,40,41). The second kappa shape index (κ2) is 15.3. The molecule has 0 aliphatic rings. The monoisotopic (exact) mass is 635 g/mol. The van der Waals surface area contributed by atoms with E-state index in [1.165, 1.54) is 5.56 Å². The normalized spacial score (nSPS) is 13.4. The van der Waals surface area contributed by atoms with Gasteiger partial charge in [-0.05, 0) is 110 Å². The number of halogens is 2. The van der Waals surface area contributed by atoms with Crippen molar-refractivity contribution < 1.29 is 15.0 Å². The number of aliphatic hydroxyl groups is 1. The number of aliphatic carboxylic acids is 1. The van der Waals surface area contributed by atoms with Crippen LogP contribution in [0.1, 0.15) is 85.6 Å². The van der Waals surface area contributed by atoms with Gasteiger partial charge in [0.05, 0.1) is 22.7 Å². The third kappa shape index (κ3) is 9.84. The van der Waals surface area contributed by atoms with E-state index >= 15 is 0 Å². The van der Waals surface area contributed by atoms with Crippen molar-refractivity contribution in [3.05, 3.63) is 111 Å². The van der Waals surface area contributed by atoms with Crippen molar-refractivity contribution in [2.24, 2.45) is 0 Å². The third-order valence-corrected chi connectivity index (χ3v) is 9.43. The molecular formula is C36H39Cl2NO3S. The number of carbonyl (C=O) groups is 1. The van der Waals surface area contributed by atoms with E-state index in [0.717, 1.165) is 64.7 Å². The Morgan fingerprint density at radius 3 is 2.49 bits per heavy atom. The Bertz CT molecular complexity index is 1580. The summed E-state index contributed by atoms with van der Waals surface area (Å²) < 4.78 is 0. The molecule has 0 aliphatic heterocycles. The highest BCUT2D eigenvalue weighted by molar-refractivity contribution is 7.99. The average Bonchev–Trinajstić information content (AvgIpc) is 2.96. The van der Waals surface area contributed by atoms with Crippen LogP contribution in [-0.4, -0.2) is 32.5 Å². The Labute approximate surface area is 269 Å². The number of fused-ring (bicyclic) bond motifs is 1. The number of aryl methyl sites for hydroxylation is 1. The molecule has 7 heteroatoms. The fourth-order valence-electron chi connectivity index (χ4n) is 5.25. The lowest BCUT2D eigenvalue weighted by Crippen LogP contribution is -2.18. The smallest absolute Gasteiger partial charge is 0.310 e. The Kier molecular flexibility index (Phi) is 11.7. The lowest BCUT2D eigenvalue weighted by molar-refractivity contribution is -0.138. The van der Waals surface area contributed by atoms with Crippen LogP contribution in [0.15, 0.2) is 72.8 Å². The second-order valence-electron chi connectivity index (χ2n) is 11.5. The zero-order chi connectivity index (χ0) is 31.0. The van der Waals surface area contributed by atoms with Crippen LogP contribution in [0.25, 0.3) is 23.1 Å². The number of benzene rings is 3. The molecule has 4 rings (SSSR count). The number of hydrogen-bond donors (Lipinski definition) is 2. The first-order valence-electron chi connectivity index (χ1n) is 14.7. The van der Waals surface area contributed by atoms with Gasteiger partial charge in [0.1, 0.15) is 0 Å². The quantitative estimate of drug-likeness (QED) is 0.135. The molecule has 0 aliphatic carbocycles. The zero-order valence-corrected chi connectivity index (χ0v) is 27.2. The summed E-state index contributed by atoms with van der Waals surface area (Å²) in [6, 6.07) is 23.9. The minimum atomic E-state index is -0.827. The fraction of sp³-hybridized carbons (Fsp3) is 0.333. The molecule has 1 heterocycles. The van der Waals surface area contributed by atoms with Crippen LogP contribution in [-0.2, 0) is 11.2 Å². The number of hydrogen-bond acceptors (Lipinski definition) is 4. The van der Waals surface area contributed by atoms with Gasteiger partial charge in [-0.2, -0.15) is 11.8 Å². The second-order valence-corrected chi connectivity index (χ2v) is 13.7. The molecule has 4 aromatic rings. The predicted molar refractivity (Wildman–Crippen MR) is 183 cm³/mol. The van der Waals surface area contributed by atoms with Crippen molar-refractivity contribution in [2.75, 3.05) is 5.75 Å². The zero-order valence-electron chi connectivity index (χ0n) is 24.9. The lowest BCUT2D eigenvalue weighted by Gasteiger charge is -2.21. The molecule has 2 atom stereocenters. The van der Waals surface area contributed by atoms with Gasteiger partial charge in [-0.15, -0.1) is 0 Å². The maximum absolute atomic E-state index is 12.0. The molecule has 0 saturated carbocycles. The van der Waals surface area contributed by atoms with E-state index in [2.05, 4.69) is 30.3 Å². The van der Waals surface area contributed by atoms with Crippen molar-refractivity contribution in [3.63, 3.8) is 0 Å². The van der Waals surface area contributed by atoms with Crippen molar-refractivity contribution in [2.45, 2.75) is 69.6 Å².